The summed E-state index contributed by atoms with van der Waals surface area (Å²) < 4.78 is 0.866. The first-order chi connectivity index (χ1) is 11.5. The molecule has 0 aliphatic carbocycles. The summed E-state index contributed by atoms with van der Waals surface area (Å²) >= 11 is 15.7. The van der Waals surface area contributed by atoms with Gasteiger partial charge in [-0.2, -0.15) is 0 Å². The number of hydrogen-bond acceptors (Lipinski definition) is 3. The lowest BCUT2D eigenvalue weighted by Crippen LogP contribution is -2.32. The van der Waals surface area contributed by atoms with E-state index in [2.05, 4.69) is 26.2 Å². The molecule has 1 aliphatic heterocycles. The molecule has 0 unspecified atom stereocenters. The molecule has 0 saturated carbocycles. The molecular formula is C17H14BrCl2N3O. The Hall–Kier alpha value is -1.56. The summed E-state index contributed by atoms with van der Waals surface area (Å²) in [6, 6.07) is 8.96. The fourth-order valence-corrected chi connectivity index (χ4v) is 3.43. The van der Waals surface area contributed by atoms with Gasteiger partial charge in [-0.05, 0) is 36.8 Å². The Morgan fingerprint density at radius 3 is 2.75 bits per heavy atom. The van der Waals surface area contributed by atoms with Crippen LogP contribution in [0.4, 0.5) is 11.5 Å². The molecule has 0 bridgehead atoms. The van der Waals surface area contributed by atoms with Crippen LogP contribution in [0.3, 0.4) is 0 Å². The largest absolute Gasteiger partial charge is 0.351 e. The molecule has 0 atom stereocenters. The molecule has 0 spiro atoms. The maximum absolute atomic E-state index is 12.4. The second kappa shape index (κ2) is 7.55. The van der Waals surface area contributed by atoms with Crippen molar-refractivity contribution in [1.82, 2.24) is 4.98 Å². The van der Waals surface area contributed by atoms with Gasteiger partial charge in [0, 0.05) is 29.3 Å². The van der Waals surface area contributed by atoms with Crippen molar-refractivity contribution in [2.24, 2.45) is 0 Å². The predicted molar refractivity (Wildman–Crippen MR) is 102 cm³/mol. The van der Waals surface area contributed by atoms with Gasteiger partial charge in [-0.3, -0.25) is 4.79 Å². The minimum Gasteiger partial charge on any atom is -0.351 e. The Morgan fingerprint density at radius 2 is 2.08 bits per heavy atom. The lowest BCUT2D eigenvalue weighted by Gasteiger charge is -2.27. The summed E-state index contributed by atoms with van der Waals surface area (Å²) in [5.41, 5.74) is 1.33. The molecule has 1 aliphatic rings. The molecule has 1 amide bonds. The molecule has 1 aromatic carbocycles. The van der Waals surface area contributed by atoms with Crippen LogP contribution in [0.25, 0.3) is 0 Å². The first-order valence-corrected chi connectivity index (χ1v) is 8.90. The van der Waals surface area contributed by atoms with Crippen LogP contribution in [0.2, 0.25) is 10.0 Å². The molecule has 124 valence electrons. The minimum atomic E-state index is -0.133. The van der Waals surface area contributed by atoms with E-state index in [9.17, 15) is 4.79 Å². The topological polar surface area (TPSA) is 45.2 Å². The number of aromatic nitrogens is 1. The average Bonchev–Trinajstić information content (AvgIpc) is 2.58. The van der Waals surface area contributed by atoms with Gasteiger partial charge >= 0.3 is 0 Å². The molecule has 3 rings (SSSR count). The van der Waals surface area contributed by atoms with Gasteiger partial charge in [-0.15, -0.1) is 0 Å². The zero-order valence-electron chi connectivity index (χ0n) is 12.6. The van der Waals surface area contributed by atoms with Gasteiger partial charge in [0.2, 0.25) is 0 Å². The SMILES string of the molecule is O=C(Nc1ccc(Br)cc1Cl)C1=CCN(c2ncccc2Cl)CC1. The molecule has 1 N–H and O–H groups in total. The number of pyridine rings is 1. The third kappa shape index (κ3) is 3.91. The highest BCUT2D eigenvalue weighted by molar-refractivity contribution is 9.10. The molecule has 1 aromatic heterocycles. The van der Waals surface area contributed by atoms with Gasteiger partial charge in [-0.25, -0.2) is 4.98 Å². The van der Waals surface area contributed by atoms with E-state index in [0.717, 1.165) is 15.9 Å². The molecule has 0 saturated heterocycles. The number of anilines is 2. The highest BCUT2D eigenvalue weighted by Gasteiger charge is 2.20. The van der Waals surface area contributed by atoms with Crippen molar-refractivity contribution in [3.63, 3.8) is 0 Å². The number of benzene rings is 1. The van der Waals surface area contributed by atoms with Crippen molar-refractivity contribution >= 4 is 56.5 Å². The third-order valence-corrected chi connectivity index (χ3v) is 4.82. The fourth-order valence-electron chi connectivity index (χ4n) is 2.47. The molecule has 7 heteroatoms. The number of hydrogen-bond donors (Lipinski definition) is 1. The summed E-state index contributed by atoms with van der Waals surface area (Å²) in [5, 5.41) is 3.96. The van der Waals surface area contributed by atoms with Crippen LogP contribution in [-0.4, -0.2) is 24.0 Å². The van der Waals surface area contributed by atoms with Crippen molar-refractivity contribution in [2.45, 2.75) is 6.42 Å². The number of nitrogens with zero attached hydrogens (tertiary/aromatic N) is 2. The first kappa shape index (κ1) is 17.3. The molecule has 0 radical (unpaired) electrons. The maximum Gasteiger partial charge on any atom is 0.251 e. The van der Waals surface area contributed by atoms with Crippen LogP contribution in [0.5, 0.6) is 0 Å². The highest BCUT2D eigenvalue weighted by atomic mass is 79.9. The van der Waals surface area contributed by atoms with E-state index in [0.29, 0.717) is 35.2 Å². The lowest BCUT2D eigenvalue weighted by molar-refractivity contribution is -0.113. The Bertz CT molecular complexity index is 810. The van der Waals surface area contributed by atoms with Crippen molar-refractivity contribution in [2.75, 3.05) is 23.3 Å². The number of nitrogens with one attached hydrogen (secondary N) is 1. The van der Waals surface area contributed by atoms with E-state index in [1.807, 2.05) is 23.1 Å². The Labute approximate surface area is 158 Å². The zero-order valence-corrected chi connectivity index (χ0v) is 15.7. The summed E-state index contributed by atoms with van der Waals surface area (Å²) in [5.74, 6) is 0.608. The van der Waals surface area contributed by atoms with E-state index >= 15 is 0 Å². The third-order valence-electron chi connectivity index (χ3n) is 3.72. The Morgan fingerprint density at radius 1 is 1.25 bits per heavy atom. The van der Waals surface area contributed by atoms with Gasteiger partial charge < -0.3 is 10.2 Å². The van der Waals surface area contributed by atoms with Crippen LogP contribution < -0.4 is 10.2 Å². The highest BCUT2D eigenvalue weighted by Crippen LogP contribution is 2.28. The van der Waals surface area contributed by atoms with Crippen LogP contribution in [0.1, 0.15) is 6.42 Å². The molecule has 2 heterocycles. The number of halogens is 3. The van der Waals surface area contributed by atoms with Crippen LogP contribution in [0.15, 0.2) is 52.7 Å². The summed E-state index contributed by atoms with van der Waals surface area (Å²) in [6.07, 6.45) is 4.23. The molecule has 24 heavy (non-hydrogen) atoms. The normalized spacial score (nSPS) is 14.3. The lowest BCUT2D eigenvalue weighted by atomic mass is 10.1. The van der Waals surface area contributed by atoms with E-state index in [-0.39, 0.29) is 5.91 Å². The molecular weight excluding hydrogens is 413 g/mol. The van der Waals surface area contributed by atoms with Gasteiger partial charge in [0.25, 0.3) is 5.91 Å². The average molecular weight is 427 g/mol. The monoisotopic (exact) mass is 425 g/mol. The van der Waals surface area contributed by atoms with Crippen molar-refractivity contribution in [3.8, 4) is 0 Å². The Kier molecular flexibility index (Phi) is 5.43. The van der Waals surface area contributed by atoms with Gasteiger partial charge in [0.1, 0.15) is 5.82 Å². The van der Waals surface area contributed by atoms with Crippen molar-refractivity contribution in [1.29, 1.82) is 0 Å². The van der Waals surface area contributed by atoms with E-state index < -0.39 is 0 Å². The van der Waals surface area contributed by atoms with Crippen molar-refractivity contribution in [3.05, 3.63) is 62.7 Å². The quantitative estimate of drug-likeness (QED) is 0.756. The van der Waals surface area contributed by atoms with Gasteiger partial charge in [0.05, 0.1) is 15.7 Å². The summed E-state index contributed by atoms with van der Waals surface area (Å²) in [6.45, 7) is 1.28. The van der Waals surface area contributed by atoms with Gasteiger partial charge in [0.15, 0.2) is 0 Å². The second-order valence-electron chi connectivity index (χ2n) is 5.31. The van der Waals surface area contributed by atoms with Crippen LogP contribution in [0, 0.1) is 0 Å². The van der Waals surface area contributed by atoms with E-state index in [1.54, 1.807) is 24.4 Å². The maximum atomic E-state index is 12.4. The number of carbonyl (C=O) groups is 1. The summed E-state index contributed by atoms with van der Waals surface area (Å²) in [7, 11) is 0. The predicted octanol–water partition coefficient (Wildman–Crippen LogP) is 4.93. The standard InChI is InChI=1S/C17H14BrCl2N3O/c18-12-3-4-15(14(20)10-12)22-17(24)11-5-8-23(9-6-11)16-13(19)2-1-7-21-16/h1-5,7,10H,6,8-9H2,(H,22,24). The number of rotatable bonds is 3. The second-order valence-corrected chi connectivity index (χ2v) is 7.04. The first-order valence-electron chi connectivity index (χ1n) is 7.35. The minimum absolute atomic E-state index is 0.133. The smallest absolute Gasteiger partial charge is 0.251 e. The number of carbonyl (C=O) groups excluding carboxylic acids is 1. The van der Waals surface area contributed by atoms with Crippen LogP contribution in [-0.2, 0) is 4.79 Å². The zero-order chi connectivity index (χ0) is 17.1. The summed E-state index contributed by atoms with van der Waals surface area (Å²) in [4.78, 5) is 18.8. The van der Waals surface area contributed by atoms with E-state index in [4.69, 9.17) is 23.2 Å². The van der Waals surface area contributed by atoms with Gasteiger partial charge in [-0.1, -0.05) is 45.2 Å². The Balaban J connectivity index is 1.68. The number of amides is 1. The molecule has 0 fully saturated rings. The van der Waals surface area contributed by atoms with E-state index in [1.165, 1.54) is 0 Å². The molecule has 2 aromatic rings. The van der Waals surface area contributed by atoms with Crippen LogP contribution >= 0.6 is 39.1 Å². The molecule has 4 nitrogen and oxygen atoms in total. The fraction of sp³-hybridized carbons (Fsp3) is 0.176. The van der Waals surface area contributed by atoms with Crippen molar-refractivity contribution < 1.29 is 4.79 Å².